The van der Waals surface area contributed by atoms with E-state index in [9.17, 15) is 14.4 Å². The Hall–Kier alpha value is -1.63. The number of carbonyl (C=O) groups is 3. The van der Waals surface area contributed by atoms with Crippen LogP contribution in [0, 0.1) is 11.8 Å². The highest BCUT2D eigenvalue weighted by Crippen LogP contribution is 2.28. The van der Waals surface area contributed by atoms with Gasteiger partial charge in [0.1, 0.15) is 6.61 Å². The molecule has 3 heterocycles. The number of amides is 2. The van der Waals surface area contributed by atoms with Crippen molar-refractivity contribution in [2.75, 3.05) is 45.9 Å². The van der Waals surface area contributed by atoms with E-state index in [-0.39, 0.29) is 19.9 Å². The van der Waals surface area contributed by atoms with Gasteiger partial charge < -0.3 is 19.9 Å². The van der Waals surface area contributed by atoms with E-state index in [2.05, 4.69) is 5.32 Å². The van der Waals surface area contributed by atoms with Crippen molar-refractivity contribution in [1.82, 2.24) is 15.1 Å². The van der Waals surface area contributed by atoms with Gasteiger partial charge in [-0.25, -0.2) is 4.79 Å². The van der Waals surface area contributed by atoms with Gasteiger partial charge in [-0.05, 0) is 50.6 Å². The highest BCUT2D eigenvalue weighted by Gasteiger charge is 2.32. The molecule has 2 amide bonds. The number of hydrogen-bond donors (Lipinski definition) is 1. The zero-order valence-electron chi connectivity index (χ0n) is 14.2. The van der Waals surface area contributed by atoms with Crippen LogP contribution in [0.2, 0.25) is 0 Å². The molecule has 1 N–H and O–H groups in total. The van der Waals surface area contributed by atoms with Gasteiger partial charge in [0.2, 0.25) is 5.91 Å². The first-order valence-electron chi connectivity index (χ1n) is 9.09. The fourth-order valence-corrected chi connectivity index (χ4v) is 4.03. The predicted octanol–water partition coefficient (Wildman–Crippen LogP) is 0.636. The predicted molar refractivity (Wildman–Crippen MR) is 93.8 cm³/mol. The van der Waals surface area contributed by atoms with E-state index in [4.69, 9.17) is 4.74 Å². The first-order chi connectivity index (χ1) is 11.6. The van der Waals surface area contributed by atoms with Crippen molar-refractivity contribution in [3.05, 3.63) is 0 Å². The third-order valence-electron chi connectivity index (χ3n) is 5.53. The lowest BCUT2D eigenvalue weighted by Crippen LogP contribution is -2.44. The van der Waals surface area contributed by atoms with Crippen molar-refractivity contribution in [2.24, 2.45) is 11.8 Å². The molecule has 142 valence electrons. The summed E-state index contributed by atoms with van der Waals surface area (Å²) >= 11 is 0. The van der Waals surface area contributed by atoms with Crippen molar-refractivity contribution in [3.8, 4) is 0 Å². The highest BCUT2D eigenvalue weighted by atomic mass is 16.5. The van der Waals surface area contributed by atoms with Gasteiger partial charge in [-0.1, -0.05) is 7.43 Å². The Bertz CT molecular complexity index is 483. The van der Waals surface area contributed by atoms with Gasteiger partial charge in [0.25, 0.3) is 0 Å². The molecule has 0 spiro atoms. The summed E-state index contributed by atoms with van der Waals surface area (Å²) in [7, 11) is 0. The second-order valence-electron chi connectivity index (χ2n) is 7.00. The van der Waals surface area contributed by atoms with Gasteiger partial charge in [0.05, 0.1) is 6.54 Å². The molecule has 0 saturated carbocycles. The average molecular weight is 353 g/mol. The lowest BCUT2D eigenvalue weighted by atomic mass is 9.84. The van der Waals surface area contributed by atoms with E-state index in [0.29, 0.717) is 44.4 Å². The molecule has 3 rings (SSSR count). The van der Waals surface area contributed by atoms with E-state index in [1.54, 1.807) is 9.80 Å². The monoisotopic (exact) mass is 353 g/mol. The lowest BCUT2D eigenvalue weighted by Gasteiger charge is -2.34. The molecule has 1 unspecified atom stereocenters. The van der Waals surface area contributed by atoms with Crippen LogP contribution < -0.4 is 5.32 Å². The van der Waals surface area contributed by atoms with Gasteiger partial charge >= 0.3 is 11.9 Å². The molecule has 25 heavy (non-hydrogen) atoms. The minimum Gasteiger partial charge on any atom is -0.457 e. The molecule has 1 atom stereocenters. The maximum absolute atomic E-state index is 12.2. The number of ether oxygens (including phenoxy) is 1. The molecule has 7 nitrogen and oxygen atoms in total. The first kappa shape index (κ1) is 19.7. The smallest absolute Gasteiger partial charge is 0.397 e. The van der Waals surface area contributed by atoms with Gasteiger partial charge in [0.15, 0.2) is 0 Å². The third-order valence-corrected chi connectivity index (χ3v) is 5.53. The summed E-state index contributed by atoms with van der Waals surface area (Å²) in [4.78, 5) is 38.9. The Balaban J connectivity index is 0.00000225. The molecule has 0 radical (unpaired) electrons. The number of likely N-dealkylation sites (tertiary alicyclic amines) is 2. The number of carbonyl (C=O) groups excluding carboxylic acids is 3. The molecule has 3 saturated heterocycles. The molecule has 0 aromatic carbocycles. The van der Waals surface area contributed by atoms with Gasteiger partial charge in [-0.3, -0.25) is 9.59 Å². The SMILES string of the molecule is C.O=C(OCCN1CCCC1=O)C(=O)N1CCC(C2CCNC2)CC1. The van der Waals surface area contributed by atoms with Crippen LogP contribution >= 0.6 is 0 Å². The number of hydrogen-bond acceptors (Lipinski definition) is 5. The topological polar surface area (TPSA) is 79.0 Å². The molecule has 0 aromatic rings. The maximum Gasteiger partial charge on any atom is 0.397 e. The summed E-state index contributed by atoms with van der Waals surface area (Å²) in [6.45, 7) is 4.65. The summed E-state index contributed by atoms with van der Waals surface area (Å²) < 4.78 is 5.06. The van der Waals surface area contributed by atoms with Gasteiger partial charge in [0, 0.05) is 26.1 Å². The normalized spacial score (nSPS) is 24.3. The summed E-state index contributed by atoms with van der Waals surface area (Å²) in [6, 6.07) is 0. The molecule has 3 aliphatic heterocycles. The first-order valence-corrected chi connectivity index (χ1v) is 9.09. The van der Waals surface area contributed by atoms with Gasteiger partial charge in [-0.15, -0.1) is 0 Å². The molecule has 0 aromatic heterocycles. The minimum atomic E-state index is -0.789. The fourth-order valence-electron chi connectivity index (χ4n) is 4.03. The second kappa shape index (κ2) is 9.17. The minimum absolute atomic E-state index is 0. The van der Waals surface area contributed by atoms with Gasteiger partial charge in [-0.2, -0.15) is 0 Å². The highest BCUT2D eigenvalue weighted by molar-refractivity contribution is 6.32. The third kappa shape index (κ3) is 4.93. The summed E-state index contributed by atoms with van der Waals surface area (Å²) in [5, 5.41) is 3.39. The molecule has 0 aliphatic carbocycles. The van der Waals surface area contributed by atoms with Crippen LogP contribution in [-0.2, 0) is 19.1 Å². The number of piperidine rings is 1. The zero-order chi connectivity index (χ0) is 16.9. The average Bonchev–Trinajstić information content (AvgIpc) is 3.26. The van der Waals surface area contributed by atoms with E-state index in [1.807, 2.05) is 0 Å². The number of nitrogens with one attached hydrogen (secondary N) is 1. The van der Waals surface area contributed by atoms with Crippen LogP contribution in [0.3, 0.4) is 0 Å². The number of nitrogens with zero attached hydrogens (tertiary/aromatic N) is 2. The molecular formula is C18H31N3O4. The number of esters is 1. The van der Waals surface area contributed by atoms with Crippen LogP contribution in [0.4, 0.5) is 0 Å². The summed E-state index contributed by atoms with van der Waals surface area (Å²) in [5.74, 6) is 0.141. The molecule has 7 heteroatoms. The second-order valence-corrected chi connectivity index (χ2v) is 7.00. The molecule has 3 fully saturated rings. The zero-order valence-corrected chi connectivity index (χ0v) is 14.2. The van der Waals surface area contributed by atoms with Crippen molar-refractivity contribution >= 4 is 17.8 Å². The quantitative estimate of drug-likeness (QED) is 0.593. The lowest BCUT2D eigenvalue weighted by molar-refractivity contribution is -0.161. The van der Waals surface area contributed by atoms with Crippen LogP contribution in [0.15, 0.2) is 0 Å². The van der Waals surface area contributed by atoms with Crippen molar-refractivity contribution in [3.63, 3.8) is 0 Å². The van der Waals surface area contributed by atoms with Crippen molar-refractivity contribution in [2.45, 2.75) is 39.5 Å². The molecule has 3 aliphatic rings. The van der Waals surface area contributed by atoms with E-state index >= 15 is 0 Å². The summed E-state index contributed by atoms with van der Waals surface area (Å²) in [5.41, 5.74) is 0. The number of rotatable bonds is 4. The molecular weight excluding hydrogens is 322 g/mol. The Morgan fingerprint density at radius 2 is 1.88 bits per heavy atom. The Morgan fingerprint density at radius 3 is 2.48 bits per heavy atom. The van der Waals surface area contributed by atoms with E-state index in [0.717, 1.165) is 32.4 Å². The summed E-state index contributed by atoms with van der Waals surface area (Å²) in [6.07, 6.45) is 4.58. The largest absolute Gasteiger partial charge is 0.457 e. The standard InChI is InChI=1S/C17H27N3O4.CH4/c21-15-2-1-7-19(15)10-11-24-17(23)16(22)20-8-4-13(5-9-20)14-3-6-18-12-14;/h13-14,18H,1-12H2;1H4. The van der Waals surface area contributed by atoms with Crippen molar-refractivity contribution < 1.29 is 19.1 Å². The molecule has 0 bridgehead atoms. The van der Waals surface area contributed by atoms with Crippen LogP contribution in [0.1, 0.15) is 39.5 Å². The maximum atomic E-state index is 12.2. The van der Waals surface area contributed by atoms with E-state index in [1.165, 1.54) is 6.42 Å². The van der Waals surface area contributed by atoms with E-state index < -0.39 is 11.9 Å². The Kier molecular flexibility index (Phi) is 7.23. The Labute approximate surface area is 150 Å². The van der Waals surface area contributed by atoms with Crippen LogP contribution in [0.25, 0.3) is 0 Å². The van der Waals surface area contributed by atoms with Crippen molar-refractivity contribution in [1.29, 1.82) is 0 Å². The Morgan fingerprint density at radius 1 is 1.12 bits per heavy atom. The van der Waals surface area contributed by atoms with Crippen LogP contribution in [-0.4, -0.2) is 73.5 Å². The van der Waals surface area contributed by atoms with Crippen LogP contribution in [0.5, 0.6) is 0 Å². The fraction of sp³-hybridized carbons (Fsp3) is 0.833.